The lowest BCUT2D eigenvalue weighted by Crippen LogP contribution is -2.53. The molecule has 6 rings (SSSR count). The molecule has 0 spiro atoms. The number of phenols is 2. The first-order valence-corrected chi connectivity index (χ1v) is 23.8. The van der Waals surface area contributed by atoms with Crippen molar-refractivity contribution in [2.45, 2.75) is 74.9 Å². The summed E-state index contributed by atoms with van der Waals surface area (Å²) in [6.45, 7) is 2.41. The summed E-state index contributed by atoms with van der Waals surface area (Å²) in [6.07, 6.45) is -4.80. The average molecular weight is 1060 g/mol. The van der Waals surface area contributed by atoms with Crippen LogP contribution in [-0.4, -0.2) is 165 Å². The van der Waals surface area contributed by atoms with Crippen molar-refractivity contribution in [1.29, 1.82) is 0 Å². The van der Waals surface area contributed by atoms with E-state index >= 15 is 0 Å². The Bertz CT molecular complexity index is 2330. The number of carboxylic acid groups (broad SMARTS) is 1. The number of nitrogens with zero attached hydrogens (tertiary/aromatic N) is 3. The number of aliphatic carboxylic acids is 1. The van der Waals surface area contributed by atoms with Gasteiger partial charge >= 0.3 is 12.0 Å². The lowest BCUT2D eigenvalue weighted by atomic mass is 9.72. The first-order valence-electron chi connectivity index (χ1n) is 21.7. The van der Waals surface area contributed by atoms with Gasteiger partial charge in [0.1, 0.15) is 35.5 Å². The van der Waals surface area contributed by atoms with Crippen LogP contribution >= 0.6 is 46.4 Å². The molecule has 70 heavy (non-hydrogen) atoms. The van der Waals surface area contributed by atoms with E-state index in [1.54, 1.807) is 6.92 Å². The third kappa shape index (κ3) is 13.5. The zero-order valence-corrected chi connectivity index (χ0v) is 41.1. The van der Waals surface area contributed by atoms with E-state index in [1.165, 1.54) is 25.3 Å². The summed E-state index contributed by atoms with van der Waals surface area (Å²) in [6, 6.07) is 9.82. The number of Topliss-reactive ketones (excluding diaryl/α,β-unsaturated/α-hetero) is 1. The van der Waals surface area contributed by atoms with Gasteiger partial charge in [-0.1, -0.05) is 24.3 Å². The van der Waals surface area contributed by atoms with Crippen LogP contribution in [0.3, 0.4) is 0 Å². The monoisotopic (exact) mass is 1060 g/mol. The van der Waals surface area contributed by atoms with Crippen LogP contribution in [0, 0.1) is 4.91 Å². The molecular weight excluding hydrogens is 1010 g/mol. The Morgan fingerprint density at radius 3 is 2.13 bits per heavy atom. The number of carboxylic acids is 1. The second kappa shape index (κ2) is 26.5. The highest BCUT2D eigenvalue weighted by molar-refractivity contribution is 6.31. The number of alkyl halides is 4. The number of phenolic OH excluding ortho intramolecular Hbond substituents is 2. The predicted octanol–water partition coefficient (Wildman–Crippen LogP) is 3.08. The van der Waals surface area contributed by atoms with Gasteiger partial charge in [0.15, 0.2) is 17.9 Å². The molecule has 0 unspecified atom stereocenters. The topological polar surface area (TPSA) is 334 Å². The molecule has 0 aromatic heterocycles. The van der Waals surface area contributed by atoms with Crippen LogP contribution < -0.4 is 26.4 Å². The number of hydrogen-bond acceptors (Lipinski definition) is 18. The fourth-order valence-corrected chi connectivity index (χ4v) is 8.68. The molecule has 1 heterocycles. The molecule has 3 aromatic carbocycles. The van der Waals surface area contributed by atoms with Crippen molar-refractivity contribution >= 4 is 81.4 Å². The summed E-state index contributed by atoms with van der Waals surface area (Å²) >= 11 is 22.1. The maximum absolute atomic E-state index is 13.6. The number of rotatable bonds is 18. The van der Waals surface area contributed by atoms with E-state index in [0.29, 0.717) is 35.6 Å². The van der Waals surface area contributed by atoms with Gasteiger partial charge in [0.05, 0.1) is 53.9 Å². The number of amides is 2. The molecule has 11 N–H and O–H groups in total. The molecule has 21 nitrogen and oxygen atoms in total. The number of aliphatic hydroxyl groups is 3. The molecule has 1 fully saturated rings. The van der Waals surface area contributed by atoms with Crippen molar-refractivity contribution < 1.29 is 68.8 Å². The van der Waals surface area contributed by atoms with Crippen molar-refractivity contribution in [3.05, 3.63) is 86.3 Å². The number of ether oxygens (including phenoxy) is 3. The third-order valence-corrected chi connectivity index (χ3v) is 12.3. The van der Waals surface area contributed by atoms with Gasteiger partial charge in [-0.15, -0.1) is 51.3 Å². The number of hydrogen-bond donors (Lipinski definition) is 9. The number of ketones is 3. The Hall–Kier alpha value is -4.91. The number of benzene rings is 3. The first-order chi connectivity index (χ1) is 33.3. The minimum atomic E-state index is -2.24. The molecule has 2 amide bonds. The molecule has 2 aliphatic carbocycles. The zero-order valence-electron chi connectivity index (χ0n) is 38.1. The molecule has 7 atom stereocenters. The standard InChI is InChI=1S/C27H29NO11.C13H18Cl2N2O2.C5H9Cl2N3O2/c1-10-22(31)13(28)6-17(38-10)39-15-8-27(36,16(30)9-29)7-12-19(15)26(35)21-20(24(12)33)23(32)11-4-3-5-14(37-2)18(11)25(21)34;14-5-7-17(8-6-15)11-3-1-10(2-4-11)9-12(16)13(18)19;6-1-3-8-5(11)10(9-12)4-2-7/h3-5,10,13,15,17,22,29,31,33,35-36H,6-9,28H2,1-2H3;1-4,12H,5-9,16H2,(H,18,19);1-4H2,(H,8,11)/t10-,13-,15-,17-,22+,27-;12-;/m00./s1. The van der Waals surface area contributed by atoms with Crippen molar-refractivity contribution in [3.63, 3.8) is 0 Å². The van der Waals surface area contributed by atoms with Crippen molar-refractivity contribution in [1.82, 2.24) is 10.3 Å². The fourth-order valence-electron chi connectivity index (χ4n) is 8.01. The number of carbonyl (C=O) groups excluding carboxylic acids is 4. The molecule has 1 saturated heterocycles. The van der Waals surface area contributed by atoms with Gasteiger partial charge in [-0.2, -0.15) is 5.01 Å². The number of anilines is 1. The lowest BCUT2D eigenvalue weighted by Gasteiger charge is -2.42. The number of halogens is 4. The number of carbonyl (C=O) groups is 5. The molecule has 3 aromatic rings. The lowest BCUT2D eigenvalue weighted by molar-refractivity contribution is -0.247. The normalized spacial score (nSPS) is 21.5. The van der Waals surface area contributed by atoms with Gasteiger partial charge in [-0.25, -0.2) is 4.79 Å². The Balaban J connectivity index is 0.000000285. The maximum atomic E-state index is 13.6. The second-order valence-electron chi connectivity index (χ2n) is 16.2. The Labute approximate surface area is 422 Å². The van der Waals surface area contributed by atoms with Crippen molar-refractivity contribution in [2.75, 3.05) is 68.3 Å². The van der Waals surface area contributed by atoms with E-state index in [4.69, 9.17) is 77.2 Å². The minimum absolute atomic E-state index is 0.0173. The number of aliphatic hydroxyl groups excluding tert-OH is 2. The van der Waals surface area contributed by atoms with Crippen LogP contribution in [0.15, 0.2) is 47.8 Å². The van der Waals surface area contributed by atoms with E-state index in [0.717, 1.165) is 24.3 Å². The van der Waals surface area contributed by atoms with Crippen molar-refractivity contribution in [3.8, 4) is 17.2 Å². The van der Waals surface area contributed by atoms with Crippen molar-refractivity contribution in [2.24, 2.45) is 16.8 Å². The van der Waals surface area contributed by atoms with E-state index < -0.39 is 114 Å². The van der Waals surface area contributed by atoms with Crippen LogP contribution in [0.25, 0.3) is 0 Å². The smallest absolute Gasteiger partial charge is 0.340 e. The Morgan fingerprint density at radius 1 is 0.957 bits per heavy atom. The highest BCUT2D eigenvalue weighted by Gasteiger charge is 2.50. The summed E-state index contributed by atoms with van der Waals surface area (Å²) in [5.41, 5.74) is 9.79. The summed E-state index contributed by atoms with van der Waals surface area (Å²) in [4.78, 5) is 73.5. The number of aromatic hydroxyl groups is 2. The molecular formula is C45H56Cl4N6O15. The number of nitroso groups, excluding NO2 is 1. The van der Waals surface area contributed by atoms with Crippen LogP contribution in [-0.2, 0) is 31.9 Å². The Kier molecular flexibility index (Phi) is 21.8. The molecule has 25 heteroatoms. The summed E-state index contributed by atoms with van der Waals surface area (Å²) in [7, 11) is 1.32. The van der Waals surface area contributed by atoms with E-state index in [2.05, 4.69) is 15.5 Å². The van der Waals surface area contributed by atoms with Crippen LogP contribution in [0.5, 0.6) is 17.2 Å². The highest BCUT2D eigenvalue weighted by atomic mass is 35.5. The van der Waals surface area contributed by atoms with Gasteiger partial charge in [-0.05, 0) is 37.1 Å². The van der Waals surface area contributed by atoms with Crippen LogP contribution in [0.2, 0.25) is 0 Å². The Morgan fingerprint density at radius 2 is 1.59 bits per heavy atom. The molecule has 1 aliphatic heterocycles. The summed E-state index contributed by atoms with van der Waals surface area (Å²) in [5, 5.41) is 68.0. The van der Waals surface area contributed by atoms with Gasteiger partial charge in [0.25, 0.3) is 0 Å². The van der Waals surface area contributed by atoms with E-state index in [9.17, 15) is 54.4 Å². The fraction of sp³-hybridized carbons (Fsp3) is 0.489. The van der Waals surface area contributed by atoms with E-state index in [1.807, 2.05) is 24.3 Å². The number of methoxy groups -OCH3 is 1. The number of nitrogens with one attached hydrogen (secondary N) is 1. The third-order valence-electron chi connectivity index (χ3n) is 11.6. The number of nitrogens with two attached hydrogens (primary N) is 2. The van der Waals surface area contributed by atoms with Gasteiger partial charge in [0, 0.05) is 90.8 Å². The number of urea groups is 1. The van der Waals surface area contributed by atoms with E-state index in [-0.39, 0.29) is 46.8 Å². The molecule has 3 aliphatic rings. The van der Waals surface area contributed by atoms with Crippen LogP contribution in [0.1, 0.15) is 74.4 Å². The van der Waals surface area contributed by atoms with Gasteiger partial charge in [-0.3, -0.25) is 19.2 Å². The summed E-state index contributed by atoms with van der Waals surface area (Å²) < 4.78 is 17.0. The summed E-state index contributed by atoms with van der Waals surface area (Å²) in [5.74, 6) is -3.25. The second-order valence-corrected chi connectivity index (χ2v) is 17.7. The predicted molar refractivity (Wildman–Crippen MR) is 259 cm³/mol. The number of fused-ring (bicyclic) bond motifs is 3. The zero-order chi connectivity index (χ0) is 52.0. The average Bonchev–Trinajstić information content (AvgIpc) is 3.34. The minimum Gasteiger partial charge on any atom is -0.507 e. The molecule has 0 saturated carbocycles. The van der Waals surface area contributed by atoms with Gasteiger partial charge < -0.3 is 66.5 Å². The first kappa shape index (κ1) is 57.7. The largest absolute Gasteiger partial charge is 0.507 e. The highest BCUT2D eigenvalue weighted by Crippen LogP contribution is 2.52. The molecule has 0 bridgehead atoms. The van der Waals surface area contributed by atoms with Crippen LogP contribution in [0.4, 0.5) is 10.5 Å². The van der Waals surface area contributed by atoms with Gasteiger partial charge in [0.2, 0.25) is 5.78 Å². The SMILES string of the molecule is COc1cccc2c1C(=O)c1c(O)c3c(c(O)c1C2=O)C[C@@](O)(C(=O)CO)C[C@@H]3O[C@H]1C[C@H](N)[C@H](O)[C@H](C)O1.N[C@@H](Cc1ccc(N(CCCl)CCCl)cc1)C(=O)O.O=NN(CCCl)C(=O)NCCCl. The quantitative estimate of drug-likeness (QED) is 0.0299. The maximum Gasteiger partial charge on any atom is 0.340 e. The molecule has 384 valence electrons. The molecule has 0 radical (unpaired) electrons.